The number of carbonyl (C=O) groups excluding carboxylic acids is 1. The summed E-state index contributed by atoms with van der Waals surface area (Å²) in [4.78, 5) is 13.9. The zero-order valence-corrected chi connectivity index (χ0v) is 21.6. The van der Waals surface area contributed by atoms with E-state index in [1.54, 1.807) is 0 Å². The van der Waals surface area contributed by atoms with E-state index in [0.717, 1.165) is 25.3 Å². The van der Waals surface area contributed by atoms with Gasteiger partial charge in [-0.2, -0.15) is 0 Å². The first-order valence-electron chi connectivity index (χ1n) is 11.6. The predicted octanol–water partition coefficient (Wildman–Crippen LogP) is 5.13. The molecule has 1 unspecified atom stereocenters. The van der Waals surface area contributed by atoms with E-state index in [2.05, 4.69) is 76.0 Å². The van der Waals surface area contributed by atoms with E-state index in [1.165, 1.54) is 10.8 Å². The Morgan fingerprint density at radius 1 is 1.16 bits per heavy atom. The molecule has 0 aliphatic carbocycles. The molecule has 1 atom stereocenters. The van der Waals surface area contributed by atoms with Crippen LogP contribution in [0.3, 0.4) is 0 Å². The average molecular weight is 453 g/mol. The first-order valence-corrected chi connectivity index (χ1v) is 14.9. The van der Waals surface area contributed by atoms with E-state index < -0.39 is 14.0 Å². The lowest BCUT2D eigenvalue weighted by atomic mass is 10.0. The van der Waals surface area contributed by atoms with Crippen molar-refractivity contribution in [3.8, 4) is 5.75 Å². The number of primary amides is 1. The quantitative estimate of drug-likeness (QED) is 0.359. The summed E-state index contributed by atoms with van der Waals surface area (Å²) in [6, 6.07) is 16.6. The lowest BCUT2D eigenvalue weighted by Crippen LogP contribution is -2.47. The van der Waals surface area contributed by atoms with Crippen LogP contribution in [0.2, 0.25) is 13.1 Å². The Hall–Kier alpha value is -2.37. The van der Waals surface area contributed by atoms with Crippen molar-refractivity contribution in [2.24, 2.45) is 11.7 Å². The van der Waals surface area contributed by atoms with Crippen LogP contribution in [0.1, 0.15) is 50.0 Å². The fourth-order valence-electron chi connectivity index (χ4n) is 3.92. The molecule has 0 aliphatic heterocycles. The van der Waals surface area contributed by atoms with E-state index in [1.807, 2.05) is 30.3 Å². The fourth-order valence-corrected chi connectivity index (χ4v) is 5.68. The third kappa shape index (κ3) is 7.64. The second-order valence-electron chi connectivity index (χ2n) is 9.55. The van der Waals surface area contributed by atoms with Gasteiger partial charge in [-0.3, -0.25) is 9.69 Å². The van der Waals surface area contributed by atoms with Gasteiger partial charge in [0.25, 0.3) is 0 Å². The standard InChI is InChI=1S/C27H40N2O2Si/c1-7-10-24(17-21(3)4)29(8-2)19-22-11-9-12-25(18-22)31-20-32(5,6)26-15-13-23(14-16-26)27(28)30/h7,9-16,18,21,24H,8,17,19-20H2,1-6H3,(H2,28,30)/b10-7+. The van der Waals surface area contributed by atoms with Crippen LogP contribution in [-0.2, 0) is 6.54 Å². The van der Waals surface area contributed by atoms with Crippen LogP contribution in [0, 0.1) is 5.92 Å². The van der Waals surface area contributed by atoms with E-state index in [-0.39, 0.29) is 0 Å². The molecular formula is C27H40N2O2Si. The van der Waals surface area contributed by atoms with Gasteiger partial charge in [0.15, 0.2) is 0 Å². The highest BCUT2D eigenvalue weighted by Gasteiger charge is 2.25. The van der Waals surface area contributed by atoms with Crippen LogP contribution in [0.25, 0.3) is 0 Å². The van der Waals surface area contributed by atoms with Crippen molar-refractivity contribution in [1.29, 1.82) is 0 Å². The number of hydrogen-bond acceptors (Lipinski definition) is 3. The predicted molar refractivity (Wildman–Crippen MR) is 138 cm³/mol. The van der Waals surface area contributed by atoms with Crippen LogP contribution in [0.4, 0.5) is 0 Å². The third-order valence-corrected chi connectivity index (χ3v) is 8.60. The number of hydrogen-bond donors (Lipinski definition) is 1. The highest BCUT2D eigenvalue weighted by atomic mass is 28.3. The van der Waals surface area contributed by atoms with Gasteiger partial charge in [-0.15, -0.1) is 0 Å². The summed E-state index contributed by atoms with van der Waals surface area (Å²) < 4.78 is 6.27. The second-order valence-corrected chi connectivity index (χ2v) is 14.2. The molecule has 4 nitrogen and oxygen atoms in total. The van der Waals surface area contributed by atoms with Crippen LogP contribution < -0.4 is 15.7 Å². The first kappa shape index (κ1) is 25.9. The first-order chi connectivity index (χ1) is 15.2. The molecule has 174 valence electrons. The van der Waals surface area contributed by atoms with Gasteiger partial charge in [-0.25, -0.2) is 0 Å². The van der Waals surface area contributed by atoms with Crippen molar-refractivity contribution in [1.82, 2.24) is 4.90 Å². The molecule has 32 heavy (non-hydrogen) atoms. The minimum Gasteiger partial charge on any atom is -0.497 e. The van der Waals surface area contributed by atoms with Crippen molar-refractivity contribution < 1.29 is 9.53 Å². The van der Waals surface area contributed by atoms with Crippen molar-refractivity contribution in [2.75, 3.05) is 12.8 Å². The van der Waals surface area contributed by atoms with Crippen molar-refractivity contribution >= 4 is 19.2 Å². The number of rotatable bonds is 12. The summed E-state index contributed by atoms with van der Waals surface area (Å²) in [5, 5.41) is 1.25. The molecule has 2 N–H and O–H groups in total. The monoisotopic (exact) mass is 452 g/mol. The van der Waals surface area contributed by atoms with Gasteiger partial charge in [0, 0.05) is 18.2 Å². The Morgan fingerprint density at radius 2 is 1.84 bits per heavy atom. The minimum atomic E-state index is -1.82. The highest BCUT2D eigenvalue weighted by Crippen LogP contribution is 2.20. The molecule has 1 amide bonds. The molecule has 0 saturated carbocycles. The van der Waals surface area contributed by atoms with E-state index in [9.17, 15) is 4.79 Å². The maximum Gasteiger partial charge on any atom is 0.248 e. The third-order valence-electron chi connectivity index (χ3n) is 5.84. The fraction of sp³-hybridized carbons (Fsp3) is 0.444. The van der Waals surface area contributed by atoms with Gasteiger partial charge < -0.3 is 10.5 Å². The number of nitrogens with two attached hydrogens (primary N) is 1. The number of amides is 1. The van der Waals surface area contributed by atoms with Gasteiger partial charge in [-0.05, 0) is 55.6 Å². The molecule has 0 bridgehead atoms. The largest absolute Gasteiger partial charge is 0.497 e. The number of allylic oxidation sites excluding steroid dienone is 1. The number of carbonyl (C=O) groups is 1. The van der Waals surface area contributed by atoms with Crippen LogP contribution in [0.5, 0.6) is 5.75 Å². The SMILES string of the molecule is C/C=C/C(CC(C)C)N(CC)Cc1cccc(OC[Si](C)(C)c2ccc(C(N)=O)cc2)c1. The smallest absolute Gasteiger partial charge is 0.248 e. The molecule has 2 aromatic rings. The van der Waals surface area contributed by atoms with E-state index >= 15 is 0 Å². The molecule has 0 aromatic heterocycles. The summed E-state index contributed by atoms with van der Waals surface area (Å²) >= 11 is 0. The minimum absolute atomic E-state index is 0.393. The van der Waals surface area contributed by atoms with Crippen molar-refractivity contribution in [3.05, 3.63) is 71.8 Å². The molecule has 0 aliphatic rings. The Morgan fingerprint density at radius 3 is 2.41 bits per heavy atom. The molecule has 0 saturated heterocycles. The van der Waals surface area contributed by atoms with Crippen LogP contribution >= 0.6 is 0 Å². The zero-order chi connectivity index (χ0) is 23.7. The molecule has 0 fully saturated rings. The molecule has 0 radical (unpaired) electrons. The van der Waals surface area contributed by atoms with Crippen molar-refractivity contribution in [3.63, 3.8) is 0 Å². The Kier molecular flexibility index (Phi) is 9.73. The number of nitrogens with zero attached hydrogens (tertiary/aromatic N) is 1. The molecule has 0 spiro atoms. The lowest BCUT2D eigenvalue weighted by molar-refractivity contribution is 0.100. The van der Waals surface area contributed by atoms with Crippen molar-refractivity contribution in [2.45, 2.75) is 59.8 Å². The Labute approximate surface area is 195 Å². The van der Waals surface area contributed by atoms with Crippen LogP contribution in [-0.4, -0.2) is 37.7 Å². The van der Waals surface area contributed by atoms with E-state index in [4.69, 9.17) is 10.5 Å². The summed E-state index contributed by atoms with van der Waals surface area (Å²) in [6.07, 6.45) is 6.32. The van der Waals surface area contributed by atoms with Gasteiger partial charge in [0.2, 0.25) is 5.91 Å². The van der Waals surface area contributed by atoms with E-state index in [0.29, 0.717) is 23.8 Å². The average Bonchev–Trinajstić information content (AvgIpc) is 2.76. The summed E-state index contributed by atoms with van der Waals surface area (Å²) in [7, 11) is -1.82. The van der Waals surface area contributed by atoms with Gasteiger partial charge in [0.1, 0.15) is 13.8 Å². The van der Waals surface area contributed by atoms with Gasteiger partial charge in [-0.1, -0.05) is 75.5 Å². The zero-order valence-electron chi connectivity index (χ0n) is 20.6. The van der Waals surface area contributed by atoms with Gasteiger partial charge >= 0.3 is 0 Å². The molecule has 2 aromatic carbocycles. The molecule has 2 rings (SSSR count). The van der Waals surface area contributed by atoms with Crippen LogP contribution in [0.15, 0.2) is 60.7 Å². The summed E-state index contributed by atoms with van der Waals surface area (Å²) in [5.74, 6) is 1.18. The maximum atomic E-state index is 11.3. The number of ether oxygens (including phenoxy) is 1. The number of benzene rings is 2. The Bertz CT molecular complexity index is 891. The summed E-state index contributed by atoms with van der Waals surface area (Å²) in [5.41, 5.74) is 7.18. The topological polar surface area (TPSA) is 55.6 Å². The molecular weight excluding hydrogens is 412 g/mol. The maximum absolute atomic E-state index is 11.3. The molecule has 5 heteroatoms. The summed E-state index contributed by atoms with van der Waals surface area (Å²) in [6.45, 7) is 15.4. The Balaban J connectivity index is 2.07. The van der Waals surface area contributed by atoms with Gasteiger partial charge in [0.05, 0.1) is 6.23 Å². The molecule has 0 heterocycles. The number of likely N-dealkylation sites (N-methyl/N-ethyl adjacent to an activating group) is 1. The normalized spacial score (nSPS) is 13.1. The highest BCUT2D eigenvalue weighted by molar-refractivity contribution is 6.89. The second kappa shape index (κ2) is 12.0. The lowest BCUT2D eigenvalue weighted by Gasteiger charge is -2.30.